The molecule has 3 heterocycles. The van der Waals surface area contributed by atoms with Gasteiger partial charge in [-0.05, 0) is 47.9 Å². The summed E-state index contributed by atoms with van der Waals surface area (Å²) in [7, 11) is -3.66. The van der Waals surface area contributed by atoms with Crippen molar-refractivity contribution in [3.05, 3.63) is 95.9 Å². The Hall–Kier alpha value is -3.33. The topological polar surface area (TPSA) is 81.0 Å². The molecule has 0 N–H and O–H groups in total. The first kappa shape index (κ1) is 23.4. The Morgan fingerprint density at radius 2 is 1.74 bits per heavy atom. The highest BCUT2D eigenvalue weighted by Gasteiger charge is 2.22. The number of sulfone groups is 1. The molecule has 0 atom stereocenters. The van der Waals surface area contributed by atoms with Gasteiger partial charge in [-0.15, -0.1) is 0 Å². The molecule has 1 saturated heterocycles. The van der Waals surface area contributed by atoms with Gasteiger partial charge >= 0.3 is 0 Å². The number of aromatic nitrogens is 2. The van der Waals surface area contributed by atoms with E-state index in [1.54, 1.807) is 54.9 Å². The lowest BCUT2D eigenvalue weighted by Gasteiger charge is -2.27. The van der Waals surface area contributed by atoms with E-state index in [1.807, 2.05) is 28.8 Å². The van der Waals surface area contributed by atoms with E-state index in [0.717, 1.165) is 29.9 Å². The molecule has 0 radical (unpaired) electrons. The van der Waals surface area contributed by atoms with Crippen LogP contribution < -0.4 is 0 Å². The molecule has 35 heavy (non-hydrogen) atoms. The number of nitrogens with zero attached hydrogens (tertiary/aromatic N) is 3. The number of fused-ring (bicyclic) bond motifs is 1. The second-order valence-corrected chi connectivity index (χ2v) is 10.6. The second-order valence-electron chi connectivity index (χ2n) is 8.68. The highest BCUT2D eigenvalue weighted by Crippen LogP contribution is 2.26. The zero-order chi connectivity index (χ0) is 24.3. The van der Waals surface area contributed by atoms with E-state index in [-0.39, 0.29) is 10.7 Å². The lowest BCUT2D eigenvalue weighted by Crippen LogP contribution is -2.36. The van der Waals surface area contributed by atoms with E-state index < -0.39 is 9.84 Å². The van der Waals surface area contributed by atoms with Gasteiger partial charge in [0, 0.05) is 50.2 Å². The van der Waals surface area contributed by atoms with Gasteiger partial charge in [-0.25, -0.2) is 13.4 Å². The highest BCUT2D eigenvalue weighted by atomic mass is 32.2. The first-order valence-corrected chi connectivity index (χ1v) is 13.2. The fourth-order valence-electron chi connectivity index (χ4n) is 4.35. The quantitative estimate of drug-likeness (QED) is 0.350. The smallest absolute Gasteiger partial charge is 0.206 e. The van der Waals surface area contributed by atoms with Crippen LogP contribution in [0, 0.1) is 0 Å². The highest BCUT2D eigenvalue weighted by molar-refractivity contribution is 7.91. The standard InChI is InChI=1S/C27H27N3O4S/c31-25(22-8-12-27-28-13-14-30(27)20-22)11-7-21-5-9-24(10-6-21)35(32,33)26-4-2-1-3-23(26)19-29-15-17-34-18-16-29/h1-6,8-10,12-14,20H,7,11,15-19H2. The first-order chi connectivity index (χ1) is 17.0. The number of imidazole rings is 1. The van der Waals surface area contributed by atoms with Crippen LogP contribution in [0.15, 0.2) is 89.0 Å². The number of hydrogen-bond acceptors (Lipinski definition) is 6. The molecule has 5 rings (SSSR count). The molecule has 1 aliphatic heterocycles. The SMILES string of the molecule is O=C(CCc1ccc(S(=O)(=O)c2ccccc2CN2CCOCC2)cc1)c1ccc2nccn2c1. The van der Waals surface area contributed by atoms with E-state index in [1.165, 1.54) is 0 Å². The van der Waals surface area contributed by atoms with Crippen molar-refractivity contribution in [2.75, 3.05) is 26.3 Å². The monoisotopic (exact) mass is 489 g/mol. The first-order valence-electron chi connectivity index (χ1n) is 11.7. The lowest BCUT2D eigenvalue weighted by atomic mass is 10.0. The van der Waals surface area contributed by atoms with Gasteiger partial charge < -0.3 is 9.14 Å². The van der Waals surface area contributed by atoms with E-state index in [4.69, 9.17) is 4.74 Å². The van der Waals surface area contributed by atoms with Gasteiger partial charge in [-0.2, -0.15) is 0 Å². The molecule has 7 nitrogen and oxygen atoms in total. The molecule has 1 aliphatic rings. The summed E-state index contributed by atoms with van der Waals surface area (Å²) in [6, 6.07) is 17.7. The van der Waals surface area contributed by atoms with Crippen LogP contribution in [0.3, 0.4) is 0 Å². The van der Waals surface area contributed by atoms with Crippen LogP contribution in [0.2, 0.25) is 0 Å². The minimum atomic E-state index is -3.66. The normalized spacial score (nSPS) is 14.9. The fourth-order valence-corrected chi connectivity index (χ4v) is 5.83. The van der Waals surface area contributed by atoms with E-state index in [0.29, 0.717) is 43.1 Å². The third-order valence-corrected chi connectivity index (χ3v) is 8.21. The average molecular weight is 490 g/mol. The molecule has 0 bridgehead atoms. The molecule has 0 spiro atoms. The van der Waals surface area contributed by atoms with Crippen molar-refractivity contribution in [1.29, 1.82) is 0 Å². The molecule has 2 aromatic heterocycles. The number of carbonyl (C=O) groups is 1. The van der Waals surface area contributed by atoms with Crippen molar-refractivity contribution in [3.8, 4) is 0 Å². The summed E-state index contributed by atoms with van der Waals surface area (Å²) in [5, 5.41) is 0. The Bertz CT molecular complexity index is 1440. The summed E-state index contributed by atoms with van der Waals surface area (Å²) >= 11 is 0. The van der Waals surface area contributed by atoms with Gasteiger partial charge in [0.25, 0.3) is 0 Å². The van der Waals surface area contributed by atoms with Crippen molar-refractivity contribution >= 4 is 21.3 Å². The van der Waals surface area contributed by atoms with Gasteiger partial charge in [-0.3, -0.25) is 9.69 Å². The van der Waals surface area contributed by atoms with Gasteiger partial charge in [0.1, 0.15) is 5.65 Å². The number of pyridine rings is 1. The molecule has 8 heteroatoms. The van der Waals surface area contributed by atoms with E-state index in [9.17, 15) is 13.2 Å². The van der Waals surface area contributed by atoms with Gasteiger partial charge in [0.2, 0.25) is 9.84 Å². The van der Waals surface area contributed by atoms with Gasteiger partial charge in [-0.1, -0.05) is 30.3 Å². The summed E-state index contributed by atoms with van der Waals surface area (Å²) in [5.41, 5.74) is 3.14. The molecule has 0 saturated carbocycles. The van der Waals surface area contributed by atoms with Crippen LogP contribution in [-0.4, -0.2) is 54.8 Å². The van der Waals surface area contributed by atoms with Crippen molar-refractivity contribution < 1.29 is 17.9 Å². The molecule has 0 aliphatic carbocycles. The third kappa shape index (κ3) is 5.19. The summed E-state index contributed by atoms with van der Waals surface area (Å²) in [6.07, 6.45) is 6.17. The maximum absolute atomic E-state index is 13.4. The summed E-state index contributed by atoms with van der Waals surface area (Å²) in [5.74, 6) is 0.0364. The average Bonchev–Trinajstić information content (AvgIpc) is 3.36. The van der Waals surface area contributed by atoms with E-state index >= 15 is 0 Å². The Kier molecular flexibility index (Phi) is 6.77. The minimum Gasteiger partial charge on any atom is -0.379 e. The Morgan fingerprint density at radius 3 is 2.54 bits per heavy atom. The molecular weight excluding hydrogens is 462 g/mol. The lowest BCUT2D eigenvalue weighted by molar-refractivity contribution is 0.0338. The van der Waals surface area contributed by atoms with Gasteiger partial charge in [0.15, 0.2) is 5.78 Å². The van der Waals surface area contributed by atoms with Crippen LogP contribution in [-0.2, 0) is 27.5 Å². The Morgan fingerprint density at radius 1 is 0.971 bits per heavy atom. The maximum atomic E-state index is 13.4. The number of carbonyl (C=O) groups excluding carboxylic acids is 1. The number of ether oxygens (including phenoxy) is 1. The van der Waals surface area contributed by atoms with Crippen molar-refractivity contribution in [3.63, 3.8) is 0 Å². The Labute approximate surface area is 204 Å². The van der Waals surface area contributed by atoms with Gasteiger partial charge in [0.05, 0.1) is 23.0 Å². The van der Waals surface area contributed by atoms with E-state index in [2.05, 4.69) is 9.88 Å². The predicted octanol–water partition coefficient (Wildman–Crippen LogP) is 3.81. The number of benzene rings is 2. The van der Waals surface area contributed by atoms with Crippen LogP contribution >= 0.6 is 0 Å². The molecule has 180 valence electrons. The van der Waals surface area contributed by atoms with Crippen LogP contribution in [0.4, 0.5) is 0 Å². The Balaban J connectivity index is 1.28. The summed E-state index contributed by atoms with van der Waals surface area (Å²) in [6.45, 7) is 3.48. The fraction of sp³-hybridized carbons (Fsp3) is 0.259. The molecule has 1 fully saturated rings. The second kappa shape index (κ2) is 10.1. The van der Waals surface area contributed by atoms with Crippen molar-refractivity contribution in [1.82, 2.24) is 14.3 Å². The maximum Gasteiger partial charge on any atom is 0.206 e. The number of Topliss-reactive ketones (excluding diaryl/α,β-unsaturated/α-hetero) is 1. The van der Waals surface area contributed by atoms with Crippen LogP contribution in [0.1, 0.15) is 27.9 Å². The minimum absolute atomic E-state index is 0.0364. The zero-order valence-electron chi connectivity index (χ0n) is 19.3. The van der Waals surface area contributed by atoms with Crippen LogP contribution in [0.25, 0.3) is 5.65 Å². The number of rotatable bonds is 8. The molecule has 4 aromatic rings. The molecule has 0 unspecified atom stereocenters. The summed E-state index contributed by atoms with van der Waals surface area (Å²) < 4.78 is 34.1. The molecular formula is C27H27N3O4S. The molecule has 0 amide bonds. The predicted molar refractivity (Wildman–Crippen MR) is 132 cm³/mol. The summed E-state index contributed by atoms with van der Waals surface area (Å²) in [4.78, 5) is 19.7. The third-order valence-electron chi connectivity index (χ3n) is 6.34. The number of morpholine rings is 1. The van der Waals surface area contributed by atoms with Crippen molar-refractivity contribution in [2.45, 2.75) is 29.2 Å². The van der Waals surface area contributed by atoms with Crippen molar-refractivity contribution in [2.24, 2.45) is 0 Å². The number of hydrogen-bond donors (Lipinski definition) is 0. The number of aryl methyl sites for hydroxylation is 1. The number of ketones is 1. The zero-order valence-corrected chi connectivity index (χ0v) is 20.2. The van der Waals surface area contributed by atoms with Crippen LogP contribution in [0.5, 0.6) is 0 Å². The largest absolute Gasteiger partial charge is 0.379 e. The molecule has 2 aromatic carbocycles.